The van der Waals surface area contributed by atoms with Crippen molar-refractivity contribution < 1.29 is 19.4 Å². The first kappa shape index (κ1) is 14.4. The van der Waals surface area contributed by atoms with Crippen molar-refractivity contribution in [3.63, 3.8) is 0 Å². The summed E-state index contributed by atoms with van der Waals surface area (Å²) in [4.78, 5) is 11.0. The predicted octanol–water partition coefficient (Wildman–Crippen LogP) is 2.13. The lowest BCUT2D eigenvalue weighted by molar-refractivity contribution is -0.163. The van der Waals surface area contributed by atoms with Crippen LogP contribution in [0.15, 0.2) is 0 Å². The minimum Gasteiger partial charge on any atom is -0.481 e. The average molecular weight is 218 g/mol. The molecular formula is C11H22O4. The van der Waals surface area contributed by atoms with Crippen LogP contribution in [0.3, 0.4) is 0 Å². The number of aliphatic carboxylic acids is 1. The Morgan fingerprint density at radius 1 is 1.20 bits per heavy atom. The molecule has 0 heterocycles. The zero-order valence-corrected chi connectivity index (χ0v) is 10.0. The van der Waals surface area contributed by atoms with Crippen molar-refractivity contribution in [3.8, 4) is 0 Å². The number of ether oxygens (including phenoxy) is 2. The van der Waals surface area contributed by atoms with Gasteiger partial charge in [0.05, 0.1) is 5.92 Å². The molecule has 0 rings (SSSR count). The molecule has 4 nitrogen and oxygen atoms in total. The first-order chi connectivity index (χ1) is 7.02. The lowest BCUT2D eigenvalue weighted by Gasteiger charge is -2.23. The maximum Gasteiger partial charge on any atom is 0.306 e. The summed E-state index contributed by atoms with van der Waals surface area (Å²) in [5.41, 5.74) is 0. The number of carboxylic acid groups (broad SMARTS) is 1. The molecular weight excluding hydrogens is 196 g/mol. The zero-order valence-electron chi connectivity index (χ0n) is 10.0. The topological polar surface area (TPSA) is 55.8 Å². The minimum absolute atomic E-state index is 0.0888. The van der Waals surface area contributed by atoms with Crippen LogP contribution in [-0.2, 0) is 14.3 Å². The number of carboxylic acids is 1. The first-order valence-electron chi connectivity index (χ1n) is 5.48. The zero-order chi connectivity index (χ0) is 11.8. The van der Waals surface area contributed by atoms with Gasteiger partial charge < -0.3 is 14.6 Å². The van der Waals surface area contributed by atoms with E-state index in [9.17, 15) is 4.79 Å². The van der Waals surface area contributed by atoms with Gasteiger partial charge in [0.15, 0.2) is 6.29 Å². The summed E-state index contributed by atoms with van der Waals surface area (Å²) in [6, 6.07) is 0. The van der Waals surface area contributed by atoms with Crippen molar-refractivity contribution >= 4 is 5.97 Å². The van der Waals surface area contributed by atoms with Crippen LogP contribution in [0.1, 0.15) is 34.1 Å². The molecule has 0 aliphatic heterocycles. The summed E-state index contributed by atoms with van der Waals surface area (Å²) in [6.07, 6.45) is 0.0119. The SMILES string of the molecule is CCOC(CC(C(=O)O)C(C)C)OCC. The molecule has 0 aliphatic carbocycles. The standard InChI is InChI=1S/C11H22O4/c1-5-14-10(15-6-2)7-9(8(3)4)11(12)13/h8-10H,5-7H2,1-4H3,(H,12,13). The van der Waals surface area contributed by atoms with E-state index in [0.29, 0.717) is 19.6 Å². The molecule has 4 heteroatoms. The van der Waals surface area contributed by atoms with Gasteiger partial charge in [-0.1, -0.05) is 13.8 Å². The fourth-order valence-electron chi connectivity index (χ4n) is 1.42. The number of rotatable bonds is 8. The fourth-order valence-corrected chi connectivity index (χ4v) is 1.42. The summed E-state index contributed by atoms with van der Waals surface area (Å²) in [7, 11) is 0. The molecule has 0 amide bonds. The highest BCUT2D eigenvalue weighted by Gasteiger charge is 2.26. The molecule has 0 aromatic heterocycles. The number of hydrogen-bond acceptors (Lipinski definition) is 3. The van der Waals surface area contributed by atoms with Gasteiger partial charge in [0.2, 0.25) is 0 Å². The molecule has 0 fully saturated rings. The van der Waals surface area contributed by atoms with Crippen molar-refractivity contribution in [2.75, 3.05) is 13.2 Å². The van der Waals surface area contributed by atoms with E-state index in [-0.39, 0.29) is 5.92 Å². The lowest BCUT2D eigenvalue weighted by atomic mass is 9.92. The average Bonchev–Trinajstić information content (AvgIpc) is 2.13. The Morgan fingerprint density at radius 3 is 1.93 bits per heavy atom. The van der Waals surface area contributed by atoms with E-state index in [1.807, 2.05) is 27.7 Å². The molecule has 0 aromatic carbocycles. The third-order valence-corrected chi connectivity index (χ3v) is 2.27. The number of hydrogen-bond donors (Lipinski definition) is 1. The van der Waals surface area contributed by atoms with Crippen LogP contribution in [0, 0.1) is 11.8 Å². The van der Waals surface area contributed by atoms with Gasteiger partial charge in [0, 0.05) is 19.6 Å². The molecule has 0 spiro atoms. The van der Waals surface area contributed by atoms with E-state index in [4.69, 9.17) is 14.6 Å². The highest BCUT2D eigenvalue weighted by atomic mass is 16.7. The molecule has 0 saturated carbocycles. The van der Waals surface area contributed by atoms with Crippen LogP contribution < -0.4 is 0 Å². The summed E-state index contributed by atoms with van der Waals surface area (Å²) in [5, 5.41) is 9.02. The van der Waals surface area contributed by atoms with Crippen molar-refractivity contribution in [3.05, 3.63) is 0 Å². The Balaban J connectivity index is 4.25. The molecule has 15 heavy (non-hydrogen) atoms. The van der Waals surface area contributed by atoms with E-state index < -0.39 is 18.2 Å². The monoisotopic (exact) mass is 218 g/mol. The summed E-state index contributed by atoms with van der Waals surface area (Å²) >= 11 is 0. The Labute approximate surface area is 91.6 Å². The minimum atomic E-state index is -0.783. The molecule has 1 atom stereocenters. The molecule has 90 valence electrons. The predicted molar refractivity (Wildman–Crippen MR) is 57.6 cm³/mol. The molecule has 1 unspecified atom stereocenters. The van der Waals surface area contributed by atoms with Crippen molar-refractivity contribution in [1.82, 2.24) is 0 Å². The van der Waals surface area contributed by atoms with Gasteiger partial charge >= 0.3 is 5.97 Å². The van der Waals surface area contributed by atoms with E-state index in [0.717, 1.165) is 0 Å². The molecule has 0 radical (unpaired) electrons. The van der Waals surface area contributed by atoms with Crippen LogP contribution in [0.5, 0.6) is 0 Å². The maximum absolute atomic E-state index is 11.0. The molecule has 0 aliphatic rings. The molecule has 0 bridgehead atoms. The second-order valence-corrected chi connectivity index (χ2v) is 3.76. The first-order valence-corrected chi connectivity index (χ1v) is 5.48. The van der Waals surface area contributed by atoms with Crippen LogP contribution in [0.25, 0.3) is 0 Å². The quantitative estimate of drug-likeness (QED) is 0.634. The summed E-state index contributed by atoms with van der Waals surface area (Å²) in [6.45, 7) is 8.61. The molecule has 0 saturated heterocycles. The number of carbonyl (C=O) groups is 1. The van der Waals surface area contributed by atoms with Gasteiger partial charge in [-0.2, -0.15) is 0 Å². The van der Waals surface area contributed by atoms with E-state index in [2.05, 4.69) is 0 Å². The third kappa shape index (κ3) is 5.74. The third-order valence-electron chi connectivity index (χ3n) is 2.27. The van der Waals surface area contributed by atoms with Crippen molar-refractivity contribution in [2.45, 2.75) is 40.4 Å². The van der Waals surface area contributed by atoms with Gasteiger partial charge in [-0.25, -0.2) is 0 Å². The molecule has 1 N–H and O–H groups in total. The van der Waals surface area contributed by atoms with Crippen molar-refractivity contribution in [2.24, 2.45) is 11.8 Å². The smallest absolute Gasteiger partial charge is 0.306 e. The lowest BCUT2D eigenvalue weighted by Crippen LogP contribution is -2.28. The van der Waals surface area contributed by atoms with Gasteiger partial charge in [0.1, 0.15) is 0 Å². The van der Waals surface area contributed by atoms with Gasteiger partial charge in [0.25, 0.3) is 0 Å². The second kappa shape index (κ2) is 7.65. The van der Waals surface area contributed by atoms with E-state index >= 15 is 0 Å². The highest BCUT2D eigenvalue weighted by molar-refractivity contribution is 5.70. The Morgan fingerprint density at radius 2 is 1.67 bits per heavy atom. The van der Waals surface area contributed by atoms with Gasteiger partial charge in [-0.05, 0) is 19.8 Å². The highest BCUT2D eigenvalue weighted by Crippen LogP contribution is 2.19. The Kier molecular flexibility index (Phi) is 7.34. The van der Waals surface area contributed by atoms with Crippen LogP contribution in [-0.4, -0.2) is 30.6 Å². The van der Waals surface area contributed by atoms with Crippen LogP contribution in [0.4, 0.5) is 0 Å². The Bertz CT molecular complexity index is 173. The van der Waals surface area contributed by atoms with Gasteiger partial charge in [-0.3, -0.25) is 4.79 Å². The Hall–Kier alpha value is -0.610. The fraction of sp³-hybridized carbons (Fsp3) is 0.909. The van der Waals surface area contributed by atoms with Gasteiger partial charge in [-0.15, -0.1) is 0 Å². The van der Waals surface area contributed by atoms with Crippen LogP contribution >= 0.6 is 0 Å². The normalized spacial score (nSPS) is 13.5. The summed E-state index contributed by atoms with van der Waals surface area (Å²) in [5.74, 6) is -1.10. The molecule has 0 aromatic rings. The van der Waals surface area contributed by atoms with Crippen molar-refractivity contribution in [1.29, 1.82) is 0 Å². The maximum atomic E-state index is 11.0. The second-order valence-electron chi connectivity index (χ2n) is 3.76. The van der Waals surface area contributed by atoms with E-state index in [1.165, 1.54) is 0 Å². The largest absolute Gasteiger partial charge is 0.481 e. The van der Waals surface area contributed by atoms with Crippen LogP contribution in [0.2, 0.25) is 0 Å². The van der Waals surface area contributed by atoms with E-state index in [1.54, 1.807) is 0 Å². The summed E-state index contributed by atoms with van der Waals surface area (Å²) < 4.78 is 10.7.